The summed E-state index contributed by atoms with van der Waals surface area (Å²) in [5, 5.41) is 1.19. The minimum atomic E-state index is 0.0344. The molecule has 1 aliphatic heterocycles. The Kier molecular flexibility index (Phi) is 5.08. The van der Waals surface area contributed by atoms with Gasteiger partial charge in [0.2, 0.25) is 11.9 Å². The predicted molar refractivity (Wildman–Crippen MR) is 120 cm³/mol. The first-order valence-electron chi connectivity index (χ1n) is 10.6. The number of nitrogens with one attached hydrogen (secondary N) is 1. The number of para-hydroxylation sites is 1. The number of hydrogen-bond donors (Lipinski definition) is 2. The summed E-state index contributed by atoms with van der Waals surface area (Å²) in [6.07, 6.45) is 10.4. The third kappa shape index (κ3) is 3.86. The first-order valence-corrected chi connectivity index (χ1v) is 10.6. The van der Waals surface area contributed by atoms with Gasteiger partial charge in [-0.2, -0.15) is 0 Å². The van der Waals surface area contributed by atoms with Crippen LogP contribution in [0.25, 0.3) is 22.0 Å². The van der Waals surface area contributed by atoms with Crippen LogP contribution in [0.3, 0.4) is 0 Å². The van der Waals surface area contributed by atoms with E-state index in [0.717, 1.165) is 48.1 Å². The van der Waals surface area contributed by atoms with Gasteiger partial charge in [0, 0.05) is 59.8 Å². The molecule has 1 unspecified atom stereocenters. The van der Waals surface area contributed by atoms with Crippen molar-refractivity contribution in [2.75, 3.05) is 12.3 Å². The molecule has 31 heavy (non-hydrogen) atoms. The zero-order chi connectivity index (χ0) is 21.2. The lowest BCUT2D eigenvalue weighted by Crippen LogP contribution is -2.31. The second kappa shape index (κ2) is 8.18. The molecule has 0 radical (unpaired) electrons. The maximum absolute atomic E-state index is 13.0. The number of H-pyrrole nitrogens is 1. The number of amides is 1. The molecule has 0 spiro atoms. The van der Waals surface area contributed by atoms with Gasteiger partial charge in [-0.05, 0) is 37.0 Å². The Morgan fingerprint density at radius 3 is 2.68 bits per heavy atom. The molecule has 7 nitrogen and oxygen atoms in total. The molecule has 1 atom stereocenters. The van der Waals surface area contributed by atoms with Crippen LogP contribution in [0.15, 0.2) is 61.2 Å². The Morgan fingerprint density at radius 2 is 1.87 bits per heavy atom. The third-order valence-electron chi connectivity index (χ3n) is 5.99. The van der Waals surface area contributed by atoms with Gasteiger partial charge in [-0.15, -0.1) is 0 Å². The van der Waals surface area contributed by atoms with Gasteiger partial charge >= 0.3 is 0 Å². The summed E-state index contributed by atoms with van der Waals surface area (Å²) < 4.78 is 0. The molecule has 1 fully saturated rings. The van der Waals surface area contributed by atoms with Gasteiger partial charge in [0.1, 0.15) is 0 Å². The topological polar surface area (TPSA) is 101 Å². The average molecular weight is 412 g/mol. The molecule has 0 saturated carbocycles. The van der Waals surface area contributed by atoms with Crippen LogP contribution in [0.1, 0.15) is 36.6 Å². The van der Waals surface area contributed by atoms with Crippen molar-refractivity contribution in [3.05, 3.63) is 72.4 Å². The summed E-state index contributed by atoms with van der Waals surface area (Å²) in [5.74, 6) is 0.437. The molecule has 3 N–H and O–H groups in total. The van der Waals surface area contributed by atoms with Gasteiger partial charge in [-0.1, -0.05) is 24.3 Å². The number of hydrogen-bond acceptors (Lipinski definition) is 5. The van der Waals surface area contributed by atoms with Crippen molar-refractivity contribution in [1.82, 2.24) is 24.8 Å². The van der Waals surface area contributed by atoms with E-state index >= 15 is 0 Å². The largest absolute Gasteiger partial charge is 0.368 e. The molecule has 1 aromatic carbocycles. The summed E-state index contributed by atoms with van der Waals surface area (Å²) >= 11 is 0. The highest BCUT2D eigenvalue weighted by atomic mass is 16.2. The fraction of sp³-hybridized carbons (Fsp3) is 0.250. The van der Waals surface area contributed by atoms with Crippen LogP contribution in [-0.4, -0.2) is 37.3 Å². The minimum Gasteiger partial charge on any atom is -0.368 e. The van der Waals surface area contributed by atoms with Gasteiger partial charge in [0.15, 0.2) is 0 Å². The lowest BCUT2D eigenvalue weighted by Gasteiger charge is -2.24. The smallest absolute Gasteiger partial charge is 0.223 e. The molecule has 1 aliphatic rings. The zero-order valence-electron chi connectivity index (χ0n) is 17.2. The van der Waals surface area contributed by atoms with E-state index in [-0.39, 0.29) is 17.9 Å². The Morgan fingerprint density at radius 1 is 1.06 bits per heavy atom. The van der Waals surface area contributed by atoms with Crippen molar-refractivity contribution in [2.45, 2.75) is 31.7 Å². The molecule has 0 aliphatic carbocycles. The number of nitrogens with zero attached hydrogens (tertiary/aromatic N) is 4. The number of nitrogen functional groups attached to an aromatic ring is 1. The van der Waals surface area contributed by atoms with E-state index in [1.165, 1.54) is 10.9 Å². The third-order valence-corrected chi connectivity index (χ3v) is 5.99. The predicted octanol–water partition coefficient (Wildman–Crippen LogP) is 3.90. The zero-order valence-corrected chi connectivity index (χ0v) is 17.2. The standard InChI is InChI=1S/C24H24N6O/c25-24-28-14-18(15-29-24)16-7-9-21(27-12-16)22-6-3-11-30(22)23(31)10-8-17-13-26-20-5-2-1-4-19(17)20/h1-2,4-5,7,9,12-15,22,26H,3,6,8,10-11H2,(H2,25,28,29). The molecule has 4 aromatic rings. The maximum atomic E-state index is 13.0. The Bertz CT molecular complexity index is 1200. The summed E-state index contributed by atoms with van der Waals surface area (Å²) in [6, 6.07) is 12.2. The summed E-state index contributed by atoms with van der Waals surface area (Å²) in [5.41, 5.74) is 10.6. The minimum absolute atomic E-state index is 0.0344. The van der Waals surface area contributed by atoms with Crippen LogP contribution in [0.5, 0.6) is 0 Å². The number of carbonyl (C=O) groups excluding carboxylic acids is 1. The molecule has 156 valence electrons. The number of fused-ring (bicyclic) bond motifs is 1. The highest BCUT2D eigenvalue weighted by molar-refractivity contribution is 5.84. The van der Waals surface area contributed by atoms with E-state index in [9.17, 15) is 4.79 Å². The van der Waals surface area contributed by atoms with E-state index < -0.39 is 0 Å². The van der Waals surface area contributed by atoms with E-state index in [1.807, 2.05) is 41.6 Å². The molecule has 3 aromatic heterocycles. The van der Waals surface area contributed by atoms with Gasteiger partial charge < -0.3 is 15.6 Å². The number of likely N-dealkylation sites (tertiary alicyclic amines) is 1. The highest BCUT2D eigenvalue weighted by Gasteiger charge is 2.30. The maximum Gasteiger partial charge on any atom is 0.223 e. The van der Waals surface area contributed by atoms with Crippen LogP contribution >= 0.6 is 0 Å². The first-order chi connectivity index (χ1) is 15.2. The fourth-order valence-electron chi connectivity index (χ4n) is 4.36. The van der Waals surface area contributed by atoms with Gasteiger partial charge in [0.25, 0.3) is 0 Å². The fourth-order valence-corrected chi connectivity index (χ4v) is 4.36. The average Bonchev–Trinajstić information content (AvgIpc) is 3.46. The number of nitrogens with two attached hydrogens (primary N) is 1. The number of benzene rings is 1. The van der Waals surface area contributed by atoms with Gasteiger partial charge in [0.05, 0.1) is 11.7 Å². The van der Waals surface area contributed by atoms with Gasteiger partial charge in [-0.3, -0.25) is 9.78 Å². The lowest BCUT2D eigenvalue weighted by molar-refractivity contribution is -0.132. The molecule has 0 bridgehead atoms. The number of anilines is 1. The van der Waals surface area contributed by atoms with Crippen LogP contribution < -0.4 is 5.73 Å². The van der Waals surface area contributed by atoms with E-state index in [2.05, 4.69) is 32.1 Å². The Hall–Kier alpha value is -3.74. The summed E-state index contributed by atoms with van der Waals surface area (Å²) in [7, 11) is 0. The second-order valence-corrected chi connectivity index (χ2v) is 7.91. The quantitative estimate of drug-likeness (QED) is 0.518. The molecule has 1 saturated heterocycles. The second-order valence-electron chi connectivity index (χ2n) is 7.91. The number of pyridine rings is 1. The van der Waals surface area contributed by atoms with Crippen molar-refractivity contribution in [1.29, 1.82) is 0 Å². The molecule has 5 rings (SSSR count). The monoisotopic (exact) mass is 412 g/mol. The van der Waals surface area contributed by atoms with Crippen molar-refractivity contribution < 1.29 is 4.79 Å². The van der Waals surface area contributed by atoms with Crippen molar-refractivity contribution in [3.63, 3.8) is 0 Å². The highest BCUT2D eigenvalue weighted by Crippen LogP contribution is 2.32. The van der Waals surface area contributed by atoms with Crippen LogP contribution in [0.4, 0.5) is 5.95 Å². The number of aryl methyl sites for hydroxylation is 1. The molecule has 4 heterocycles. The lowest BCUT2D eigenvalue weighted by atomic mass is 10.1. The Balaban J connectivity index is 1.27. The SMILES string of the molecule is Nc1ncc(-c2ccc(C3CCCN3C(=O)CCc3c[nH]c4ccccc34)nc2)cn1. The normalized spacial score (nSPS) is 16.1. The number of aromatic amines is 1. The number of aromatic nitrogens is 4. The summed E-state index contributed by atoms with van der Waals surface area (Å²) in [6.45, 7) is 0.784. The summed E-state index contributed by atoms with van der Waals surface area (Å²) in [4.78, 5) is 31.0. The molecule has 7 heteroatoms. The van der Waals surface area contributed by atoms with E-state index in [0.29, 0.717) is 6.42 Å². The van der Waals surface area contributed by atoms with Crippen LogP contribution in [0, 0.1) is 0 Å². The molecule has 1 amide bonds. The van der Waals surface area contributed by atoms with Crippen molar-refractivity contribution in [2.24, 2.45) is 0 Å². The van der Waals surface area contributed by atoms with Gasteiger partial charge in [-0.25, -0.2) is 9.97 Å². The Labute approximate surface area is 180 Å². The van der Waals surface area contributed by atoms with E-state index in [4.69, 9.17) is 5.73 Å². The molecular formula is C24H24N6O. The van der Waals surface area contributed by atoms with Crippen molar-refractivity contribution in [3.8, 4) is 11.1 Å². The first kappa shape index (κ1) is 19.2. The molecular weight excluding hydrogens is 388 g/mol. The van der Waals surface area contributed by atoms with E-state index in [1.54, 1.807) is 12.4 Å². The number of carbonyl (C=O) groups is 1. The van der Waals surface area contributed by atoms with Crippen LogP contribution in [0.2, 0.25) is 0 Å². The number of rotatable bonds is 5. The van der Waals surface area contributed by atoms with Crippen LogP contribution in [-0.2, 0) is 11.2 Å². The van der Waals surface area contributed by atoms with Crippen molar-refractivity contribution >= 4 is 22.8 Å².